The van der Waals surface area contributed by atoms with Crippen molar-refractivity contribution in [3.63, 3.8) is 0 Å². The van der Waals surface area contributed by atoms with Crippen molar-refractivity contribution in [3.8, 4) is 17.0 Å². The van der Waals surface area contributed by atoms with Gasteiger partial charge in [-0.3, -0.25) is 4.98 Å². The lowest BCUT2D eigenvalue weighted by Gasteiger charge is -2.10. The van der Waals surface area contributed by atoms with Crippen LogP contribution in [0.2, 0.25) is 0 Å². The fraction of sp³-hybridized carbons (Fsp3) is 0.267. The van der Waals surface area contributed by atoms with Crippen LogP contribution < -0.4 is 4.74 Å². The van der Waals surface area contributed by atoms with E-state index in [9.17, 15) is 0 Å². The highest BCUT2D eigenvalue weighted by atomic mass is 35.5. The van der Waals surface area contributed by atoms with E-state index in [1.54, 1.807) is 7.11 Å². The van der Waals surface area contributed by atoms with E-state index < -0.39 is 0 Å². The SMILES string of the molecule is COc1ccc(-c2cccc(CN(C)C)n2)cc1.Cl.Cl. The first-order valence-electron chi connectivity index (χ1n) is 5.94. The summed E-state index contributed by atoms with van der Waals surface area (Å²) in [5.74, 6) is 0.864. The summed E-state index contributed by atoms with van der Waals surface area (Å²) in [6.45, 7) is 0.851. The number of benzene rings is 1. The molecule has 0 aliphatic heterocycles. The summed E-state index contributed by atoms with van der Waals surface area (Å²) < 4.78 is 5.15. The largest absolute Gasteiger partial charge is 0.497 e. The number of ether oxygens (including phenoxy) is 1. The Labute approximate surface area is 132 Å². The Morgan fingerprint density at radius 3 is 2.20 bits per heavy atom. The van der Waals surface area contributed by atoms with Crippen LogP contribution in [0.3, 0.4) is 0 Å². The van der Waals surface area contributed by atoms with E-state index in [0.717, 1.165) is 29.2 Å². The number of rotatable bonds is 4. The predicted molar refractivity (Wildman–Crippen MR) is 88.1 cm³/mol. The molecule has 0 aliphatic rings. The third-order valence-electron chi connectivity index (χ3n) is 2.67. The van der Waals surface area contributed by atoms with Crippen LogP contribution in [0, 0.1) is 0 Å². The molecule has 1 aromatic heterocycles. The molecule has 0 N–H and O–H groups in total. The van der Waals surface area contributed by atoms with Crippen LogP contribution in [0.5, 0.6) is 5.75 Å². The third-order valence-corrected chi connectivity index (χ3v) is 2.67. The Hall–Kier alpha value is -1.29. The third kappa shape index (κ3) is 5.00. The van der Waals surface area contributed by atoms with E-state index in [4.69, 9.17) is 4.74 Å². The zero-order valence-corrected chi connectivity index (χ0v) is 13.5. The van der Waals surface area contributed by atoms with Gasteiger partial charge in [-0.15, -0.1) is 24.8 Å². The van der Waals surface area contributed by atoms with Crippen molar-refractivity contribution in [1.29, 1.82) is 0 Å². The summed E-state index contributed by atoms with van der Waals surface area (Å²) in [5.41, 5.74) is 3.18. The molecule has 0 saturated heterocycles. The lowest BCUT2D eigenvalue weighted by molar-refractivity contribution is 0.397. The normalized spacial score (nSPS) is 9.60. The van der Waals surface area contributed by atoms with Gasteiger partial charge in [-0.05, 0) is 50.5 Å². The highest BCUT2D eigenvalue weighted by Gasteiger charge is 2.02. The standard InChI is InChI=1S/C15H18N2O.2ClH/c1-17(2)11-13-5-4-6-15(16-13)12-7-9-14(18-3)10-8-12;;/h4-10H,11H2,1-3H3;2*1H. The summed E-state index contributed by atoms with van der Waals surface area (Å²) in [4.78, 5) is 6.77. The minimum Gasteiger partial charge on any atom is -0.497 e. The molecule has 0 unspecified atom stereocenters. The van der Waals surface area contributed by atoms with Gasteiger partial charge in [0, 0.05) is 12.1 Å². The lowest BCUT2D eigenvalue weighted by atomic mass is 10.1. The molecule has 0 saturated carbocycles. The first kappa shape index (κ1) is 18.7. The molecule has 0 radical (unpaired) electrons. The van der Waals surface area contributed by atoms with Crippen molar-refractivity contribution in [2.24, 2.45) is 0 Å². The zero-order valence-electron chi connectivity index (χ0n) is 11.9. The number of hydrogen-bond donors (Lipinski definition) is 0. The van der Waals surface area contributed by atoms with E-state index in [1.165, 1.54) is 0 Å². The molecule has 5 heteroatoms. The second-order valence-corrected chi connectivity index (χ2v) is 4.48. The van der Waals surface area contributed by atoms with E-state index >= 15 is 0 Å². The molecule has 0 fully saturated rings. The van der Waals surface area contributed by atoms with Crippen LogP contribution in [-0.4, -0.2) is 31.1 Å². The van der Waals surface area contributed by atoms with Crippen LogP contribution in [0.4, 0.5) is 0 Å². The van der Waals surface area contributed by atoms with Crippen molar-refractivity contribution in [1.82, 2.24) is 9.88 Å². The highest BCUT2D eigenvalue weighted by Crippen LogP contribution is 2.20. The van der Waals surface area contributed by atoms with Crippen LogP contribution in [0.15, 0.2) is 42.5 Å². The van der Waals surface area contributed by atoms with Crippen LogP contribution in [0.1, 0.15) is 5.69 Å². The predicted octanol–water partition coefficient (Wildman–Crippen LogP) is 3.66. The van der Waals surface area contributed by atoms with Crippen molar-refractivity contribution in [3.05, 3.63) is 48.2 Å². The maximum Gasteiger partial charge on any atom is 0.118 e. The second-order valence-electron chi connectivity index (χ2n) is 4.48. The van der Waals surface area contributed by atoms with Gasteiger partial charge in [0.25, 0.3) is 0 Å². The smallest absolute Gasteiger partial charge is 0.118 e. The van der Waals surface area contributed by atoms with Gasteiger partial charge in [-0.2, -0.15) is 0 Å². The maximum absolute atomic E-state index is 5.15. The van der Waals surface area contributed by atoms with Crippen LogP contribution in [-0.2, 0) is 6.54 Å². The average Bonchev–Trinajstić information content (AvgIpc) is 2.38. The van der Waals surface area contributed by atoms with Gasteiger partial charge in [0.15, 0.2) is 0 Å². The molecule has 3 nitrogen and oxygen atoms in total. The number of nitrogens with zero attached hydrogens (tertiary/aromatic N) is 2. The maximum atomic E-state index is 5.15. The van der Waals surface area contributed by atoms with Crippen molar-refractivity contribution in [2.45, 2.75) is 6.54 Å². The van der Waals surface area contributed by atoms with Crippen LogP contribution in [0.25, 0.3) is 11.3 Å². The Bertz CT molecular complexity index is 516. The molecule has 1 aromatic carbocycles. The Balaban J connectivity index is 0.00000180. The Kier molecular flexibility index (Phi) is 8.23. The topological polar surface area (TPSA) is 25.4 Å². The van der Waals surface area contributed by atoms with E-state index in [1.807, 2.05) is 56.6 Å². The zero-order chi connectivity index (χ0) is 13.0. The molecule has 2 rings (SSSR count). The average molecular weight is 315 g/mol. The van der Waals surface area contributed by atoms with Gasteiger partial charge in [-0.1, -0.05) is 6.07 Å². The Morgan fingerprint density at radius 1 is 1.00 bits per heavy atom. The van der Waals surface area contributed by atoms with Crippen molar-refractivity contribution >= 4 is 24.8 Å². The molecule has 0 aliphatic carbocycles. The monoisotopic (exact) mass is 314 g/mol. The molecular formula is C15H20Cl2N2O. The molecule has 0 bridgehead atoms. The van der Waals surface area contributed by atoms with Crippen molar-refractivity contribution in [2.75, 3.05) is 21.2 Å². The second kappa shape index (κ2) is 8.80. The number of aromatic nitrogens is 1. The molecular weight excluding hydrogens is 295 g/mol. The van der Waals surface area contributed by atoms with E-state index in [0.29, 0.717) is 0 Å². The molecule has 110 valence electrons. The molecule has 20 heavy (non-hydrogen) atoms. The minimum atomic E-state index is 0. The van der Waals surface area contributed by atoms with E-state index in [2.05, 4.69) is 9.88 Å². The molecule has 0 atom stereocenters. The van der Waals surface area contributed by atoms with Gasteiger partial charge in [0.2, 0.25) is 0 Å². The van der Waals surface area contributed by atoms with Crippen molar-refractivity contribution < 1.29 is 4.74 Å². The highest BCUT2D eigenvalue weighted by molar-refractivity contribution is 5.85. The van der Waals surface area contributed by atoms with Gasteiger partial charge in [0.1, 0.15) is 5.75 Å². The molecule has 0 amide bonds. The summed E-state index contributed by atoms with van der Waals surface area (Å²) in [5, 5.41) is 0. The van der Waals surface area contributed by atoms with Gasteiger partial charge in [0.05, 0.1) is 18.5 Å². The first-order valence-corrected chi connectivity index (χ1v) is 5.94. The summed E-state index contributed by atoms with van der Waals surface area (Å²) in [7, 11) is 5.76. The van der Waals surface area contributed by atoms with E-state index in [-0.39, 0.29) is 24.8 Å². The van der Waals surface area contributed by atoms with Gasteiger partial charge < -0.3 is 9.64 Å². The van der Waals surface area contributed by atoms with Crippen LogP contribution >= 0.6 is 24.8 Å². The first-order chi connectivity index (χ1) is 8.69. The quantitative estimate of drug-likeness (QED) is 0.861. The number of halogens is 2. The van der Waals surface area contributed by atoms with Gasteiger partial charge >= 0.3 is 0 Å². The fourth-order valence-corrected chi connectivity index (χ4v) is 1.81. The minimum absolute atomic E-state index is 0. The molecule has 1 heterocycles. The number of methoxy groups -OCH3 is 1. The van der Waals surface area contributed by atoms with Gasteiger partial charge in [-0.25, -0.2) is 0 Å². The Morgan fingerprint density at radius 2 is 1.65 bits per heavy atom. The lowest BCUT2D eigenvalue weighted by Crippen LogP contribution is -2.11. The molecule has 2 aromatic rings. The summed E-state index contributed by atoms with van der Waals surface area (Å²) in [6.07, 6.45) is 0. The summed E-state index contributed by atoms with van der Waals surface area (Å²) in [6, 6.07) is 14.1. The molecule has 0 spiro atoms. The number of pyridine rings is 1. The number of hydrogen-bond acceptors (Lipinski definition) is 3. The summed E-state index contributed by atoms with van der Waals surface area (Å²) >= 11 is 0. The fourth-order valence-electron chi connectivity index (χ4n) is 1.81.